The number of anilines is 1. The second kappa shape index (κ2) is 7.34. The standard InChI is InChI=1S/C16H15Cl2NO2/c1-2-14(21-11-7-4-3-5-8-11)16(20)19-13-10-6-9-12(17)15(13)18/h3-10,14H,2H2,1H3,(H,19,20). The maximum Gasteiger partial charge on any atom is 0.265 e. The van der Waals surface area contributed by atoms with Crippen molar-refractivity contribution in [1.29, 1.82) is 0 Å². The number of amides is 1. The first kappa shape index (κ1) is 15.7. The zero-order valence-electron chi connectivity index (χ0n) is 11.5. The molecule has 0 aliphatic heterocycles. The molecule has 0 heterocycles. The summed E-state index contributed by atoms with van der Waals surface area (Å²) in [6.07, 6.45) is -0.0544. The first-order chi connectivity index (χ1) is 10.1. The molecule has 0 saturated carbocycles. The molecule has 0 fully saturated rings. The lowest BCUT2D eigenvalue weighted by Crippen LogP contribution is -2.32. The van der Waals surface area contributed by atoms with Crippen molar-refractivity contribution in [2.75, 3.05) is 5.32 Å². The Balaban J connectivity index is 2.08. The molecule has 2 rings (SSSR count). The van der Waals surface area contributed by atoms with E-state index in [1.54, 1.807) is 18.2 Å². The van der Waals surface area contributed by atoms with Crippen molar-refractivity contribution in [2.45, 2.75) is 19.4 Å². The van der Waals surface area contributed by atoms with Crippen LogP contribution in [-0.2, 0) is 4.79 Å². The van der Waals surface area contributed by atoms with Gasteiger partial charge < -0.3 is 10.1 Å². The number of nitrogens with one attached hydrogen (secondary N) is 1. The highest BCUT2D eigenvalue weighted by Gasteiger charge is 2.19. The number of para-hydroxylation sites is 1. The lowest BCUT2D eigenvalue weighted by molar-refractivity contribution is -0.122. The second-order valence-corrected chi connectivity index (χ2v) is 5.20. The third-order valence-corrected chi connectivity index (χ3v) is 3.71. The van der Waals surface area contributed by atoms with E-state index < -0.39 is 6.10 Å². The molecule has 2 aromatic carbocycles. The molecule has 0 saturated heterocycles. The van der Waals surface area contributed by atoms with E-state index in [9.17, 15) is 4.79 Å². The summed E-state index contributed by atoms with van der Waals surface area (Å²) in [7, 11) is 0. The van der Waals surface area contributed by atoms with Crippen LogP contribution >= 0.6 is 23.2 Å². The first-order valence-electron chi connectivity index (χ1n) is 6.58. The van der Waals surface area contributed by atoms with E-state index in [0.717, 1.165) is 0 Å². The minimum absolute atomic E-state index is 0.259. The van der Waals surface area contributed by atoms with Crippen LogP contribution < -0.4 is 10.1 Å². The summed E-state index contributed by atoms with van der Waals surface area (Å²) >= 11 is 12.0. The summed E-state index contributed by atoms with van der Waals surface area (Å²) in [5.74, 6) is 0.391. The lowest BCUT2D eigenvalue weighted by atomic mass is 10.2. The quantitative estimate of drug-likeness (QED) is 0.859. The van der Waals surface area contributed by atoms with Crippen LogP contribution in [0.15, 0.2) is 48.5 Å². The van der Waals surface area contributed by atoms with Gasteiger partial charge >= 0.3 is 0 Å². The number of hydrogen-bond acceptors (Lipinski definition) is 2. The molecular weight excluding hydrogens is 309 g/mol. The Morgan fingerprint density at radius 2 is 1.86 bits per heavy atom. The number of carbonyl (C=O) groups is 1. The maximum absolute atomic E-state index is 12.3. The normalized spacial score (nSPS) is 11.8. The summed E-state index contributed by atoms with van der Waals surface area (Å²) in [5.41, 5.74) is 0.476. The monoisotopic (exact) mass is 323 g/mol. The van der Waals surface area contributed by atoms with Gasteiger partial charge in [-0.05, 0) is 30.7 Å². The predicted octanol–water partition coefficient (Wildman–Crippen LogP) is 4.79. The van der Waals surface area contributed by atoms with E-state index in [0.29, 0.717) is 27.9 Å². The minimum Gasteiger partial charge on any atom is -0.481 e. The average molecular weight is 324 g/mol. The fourth-order valence-corrected chi connectivity index (χ4v) is 2.15. The summed E-state index contributed by atoms with van der Waals surface area (Å²) in [6, 6.07) is 14.3. The molecule has 0 aromatic heterocycles. The van der Waals surface area contributed by atoms with Gasteiger partial charge in [-0.1, -0.05) is 54.4 Å². The van der Waals surface area contributed by atoms with Crippen LogP contribution in [0.5, 0.6) is 5.75 Å². The fraction of sp³-hybridized carbons (Fsp3) is 0.188. The van der Waals surface area contributed by atoms with Crippen LogP contribution in [-0.4, -0.2) is 12.0 Å². The Morgan fingerprint density at radius 3 is 2.52 bits per heavy atom. The first-order valence-corrected chi connectivity index (χ1v) is 7.34. The summed E-state index contributed by atoms with van der Waals surface area (Å²) in [5, 5.41) is 3.46. The number of halogens is 2. The Kier molecular flexibility index (Phi) is 5.48. The van der Waals surface area contributed by atoms with Crippen molar-refractivity contribution in [1.82, 2.24) is 0 Å². The molecule has 110 valence electrons. The van der Waals surface area contributed by atoms with Gasteiger partial charge in [0.1, 0.15) is 5.75 Å². The van der Waals surface area contributed by atoms with Gasteiger partial charge in [0.05, 0.1) is 15.7 Å². The molecule has 5 heteroatoms. The Morgan fingerprint density at radius 1 is 1.14 bits per heavy atom. The smallest absolute Gasteiger partial charge is 0.265 e. The SMILES string of the molecule is CCC(Oc1ccccc1)C(=O)Nc1cccc(Cl)c1Cl. The lowest BCUT2D eigenvalue weighted by Gasteiger charge is -2.17. The van der Waals surface area contributed by atoms with Crippen molar-refractivity contribution in [3.05, 3.63) is 58.6 Å². The molecular formula is C16H15Cl2NO2. The molecule has 0 bridgehead atoms. The molecule has 1 atom stereocenters. The molecule has 21 heavy (non-hydrogen) atoms. The van der Waals surface area contributed by atoms with Crippen LogP contribution in [0.2, 0.25) is 10.0 Å². The van der Waals surface area contributed by atoms with Gasteiger partial charge in [0, 0.05) is 0 Å². The molecule has 1 amide bonds. The molecule has 0 aliphatic rings. The third kappa shape index (κ3) is 4.13. The van der Waals surface area contributed by atoms with E-state index in [4.69, 9.17) is 27.9 Å². The van der Waals surface area contributed by atoms with Crippen LogP contribution in [0, 0.1) is 0 Å². The van der Waals surface area contributed by atoms with E-state index in [-0.39, 0.29) is 5.91 Å². The predicted molar refractivity (Wildman–Crippen MR) is 86.2 cm³/mol. The zero-order valence-corrected chi connectivity index (χ0v) is 13.0. The molecule has 3 nitrogen and oxygen atoms in total. The molecule has 1 N–H and O–H groups in total. The van der Waals surface area contributed by atoms with Crippen LogP contribution in [0.25, 0.3) is 0 Å². The number of rotatable bonds is 5. The molecule has 0 spiro atoms. The van der Waals surface area contributed by atoms with Crippen LogP contribution in [0.3, 0.4) is 0 Å². The second-order valence-electron chi connectivity index (χ2n) is 4.42. The summed E-state index contributed by atoms with van der Waals surface area (Å²) < 4.78 is 5.68. The highest BCUT2D eigenvalue weighted by atomic mass is 35.5. The topological polar surface area (TPSA) is 38.3 Å². The average Bonchev–Trinajstić information content (AvgIpc) is 2.50. The van der Waals surface area contributed by atoms with Gasteiger partial charge in [0.15, 0.2) is 6.10 Å². The highest BCUT2D eigenvalue weighted by molar-refractivity contribution is 6.44. The van der Waals surface area contributed by atoms with Gasteiger partial charge in [-0.25, -0.2) is 0 Å². The van der Waals surface area contributed by atoms with Gasteiger partial charge in [-0.15, -0.1) is 0 Å². The van der Waals surface area contributed by atoms with Gasteiger partial charge in [-0.3, -0.25) is 4.79 Å². The number of carbonyl (C=O) groups excluding carboxylic acids is 1. The summed E-state index contributed by atoms with van der Waals surface area (Å²) in [4.78, 5) is 12.3. The van der Waals surface area contributed by atoms with Crippen LogP contribution in [0.4, 0.5) is 5.69 Å². The van der Waals surface area contributed by atoms with Crippen molar-refractivity contribution >= 4 is 34.8 Å². The van der Waals surface area contributed by atoms with E-state index >= 15 is 0 Å². The van der Waals surface area contributed by atoms with Gasteiger partial charge in [0.2, 0.25) is 0 Å². The Hall–Kier alpha value is -1.71. The Labute approximate surface area is 133 Å². The largest absolute Gasteiger partial charge is 0.481 e. The van der Waals surface area contributed by atoms with Crippen molar-refractivity contribution in [2.24, 2.45) is 0 Å². The van der Waals surface area contributed by atoms with E-state index in [1.165, 1.54) is 0 Å². The highest BCUT2D eigenvalue weighted by Crippen LogP contribution is 2.29. The number of hydrogen-bond donors (Lipinski definition) is 1. The van der Waals surface area contributed by atoms with Gasteiger partial charge in [-0.2, -0.15) is 0 Å². The fourth-order valence-electron chi connectivity index (χ4n) is 1.80. The van der Waals surface area contributed by atoms with Crippen molar-refractivity contribution in [3.8, 4) is 5.75 Å². The third-order valence-electron chi connectivity index (χ3n) is 2.89. The van der Waals surface area contributed by atoms with Crippen molar-refractivity contribution in [3.63, 3.8) is 0 Å². The zero-order chi connectivity index (χ0) is 15.2. The van der Waals surface area contributed by atoms with Gasteiger partial charge in [0.25, 0.3) is 5.91 Å². The molecule has 0 aliphatic carbocycles. The maximum atomic E-state index is 12.3. The molecule has 1 unspecified atom stereocenters. The van der Waals surface area contributed by atoms with Crippen molar-refractivity contribution < 1.29 is 9.53 Å². The van der Waals surface area contributed by atoms with Crippen LogP contribution in [0.1, 0.15) is 13.3 Å². The Bertz CT molecular complexity index is 617. The number of ether oxygens (including phenoxy) is 1. The summed E-state index contributed by atoms with van der Waals surface area (Å²) in [6.45, 7) is 1.88. The molecule has 2 aromatic rings. The molecule has 0 radical (unpaired) electrons. The number of benzene rings is 2. The minimum atomic E-state index is -0.595. The van der Waals surface area contributed by atoms with E-state index in [1.807, 2.05) is 37.3 Å². The van der Waals surface area contributed by atoms with E-state index in [2.05, 4.69) is 5.32 Å².